The van der Waals surface area contributed by atoms with Gasteiger partial charge in [-0.2, -0.15) is 4.31 Å². The Bertz CT molecular complexity index is 1480. The predicted octanol–water partition coefficient (Wildman–Crippen LogP) is 2.98. The van der Waals surface area contributed by atoms with E-state index in [1.807, 2.05) is 17.0 Å². The van der Waals surface area contributed by atoms with Gasteiger partial charge in [0.25, 0.3) is 11.5 Å². The van der Waals surface area contributed by atoms with E-state index in [9.17, 15) is 18.0 Å². The summed E-state index contributed by atoms with van der Waals surface area (Å²) in [5, 5.41) is 1.35. The molecule has 3 aliphatic rings. The van der Waals surface area contributed by atoms with E-state index in [0.29, 0.717) is 23.4 Å². The first-order valence-corrected chi connectivity index (χ1v) is 14.6. The summed E-state index contributed by atoms with van der Waals surface area (Å²) in [5.41, 5.74) is 2.01. The number of carbonyl (C=O) groups excluding carboxylic acids is 1. The maximum absolute atomic E-state index is 13.5. The van der Waals surface area contributed by atoms with E-state index in [-0.39, 0.29) is 29.5 Å². The molecule has 0 aliphatic carbocycles. The first kappa shape index (κ1) is 24.3. The molecule has 2 aromatic carbocycles. The number of nitrogens with zero attached hydrogens (tertiary/aromatic N) is 3. The molecule has 6 rings (SSSR count). The first-order valence-electron chi connectivity index (χ1n) is 13.2. The van der Waals surface area contributed by atoms with Gasteiger partial charge < -0.3 is 14.8 Å². The number of benzene rings is 2. The molecule has 2 saturated heterocycles. The molecule has 0 unspecified atom stereocenters. The summed E-state index contributed by atoms with van der Waals surface area (Å²) < 4.78 is 28.5. The summed E-state index contributed by atoms with van der Waals surface area (Å²) in [6.45, 7) is 4.31. The molecule has 8 nitrogen and oxygen atoms in total. The van der Waals surface area contributed by atoms with Crippen LogP contribution in [0.1, 0.15) is 47.3 Å². The average Bonchev–Trinajstić information content (AvgIpc) is 3.48. The molecule has 37 heavy (non-hydrogen) atoms. The van der Waals surface area contributed by atoms with Crippen LogP contribution in [0.4, 0.5) is 0 Å². The third-order valence-electron chi connectivity index (χ3n) is 8.22. The maximum atomic E-state index is 13.5. The number of carbonyl (C=O) groups is 1. The lowest BCUT2D eigenvalue weighted by molar-refractivity contribution is 0.0644. The van der Waals surface area contributed by atoms with Crippen LogP contribution >= 0.6 is 0 Å². The molecule has 2 fully saturated rings. The molecule has 0 bridgehead atoms. The summed E-state index contributed by atoms with van der Waals surface area (Å²) >= 11 is 0. The Morgan fingerprint density at radius 3 is 2.24 bits per heavy atom. The second kappa shape index (κ2) is 9.70. The molecule has 1 N–H and O–H groups in total. The van der Waals surface area contributed by atoms with Crippen molar-refractivity contribution < 1.29 is 13.2 Å². The number of rotatable bonds is 4. The second-order valence-electron chi connectivity index (χ2n) is 10.3. The Morgan fingerprint density at radius 1 is 0.865 bits per heavy atom. The molecule has 1 aromatic heterocycles. The number of aromatic amines is 1. The van der Waals surface area contributed by atoms with Crippen molar-refractivity contribution in [2.45, 2.75) is 49.6 Å². The summed E-state index contributed by atoms with van der Waals surface area (Å²) in [7, 11) is -3.76. The third-order valence-corrected chi connectivity index (χ3v) is 10.1. The highest BCUT2D eigenvalue weighted by Crippen LogP contribution is 2.28. The van der Waals surface area contributed by atoms with Gasteiger partial charge in [0.1, 0.15) is 0 Å². The number of H-pyrrole nitrogens is 1. The fourth-order valence-corrected chi connectivity index (χ4v) is 7.53. The van der Waals surface area contributed by atoms with Crippen LogP contribution in [0, 0.1) is 0 Å². The zero-order chi connectivity index (χ0) is 25.6. The van der Waals surface area contributed by atoms with Crippen LogP contribution in [0.3, 0.4) is 0 Å². The van der Waals surface area contributed by atoms with E-state index in [4.69, 9.17) is 0 Å². The number of hydrogen-bond acceptors (Lipinski definition) is 5. The van der Waals surface area contributed by atoms with Gasteiger partial charge in [-0.1, -0.05) is 18.2 Å². The Kier molecular flexibility index (Phi) is 6.38. The van der Waals surface area contributed by atoms with Gasteiger partial charge in [-0.25, -0.2) is 8.42 Å². The van der Waals surface area contributed by atoms with E-state index >= 15 is 0 Å². The molecule has 0 atom stereocenters. The number of pyridine rings is 1. The topological polar surface area (TPSA) is 93.8 Å². The lowest BCUT2D eigenvalue weighted by Gasteiger charge is -2.36. The quantitative estimate of drug-likeness (QED) is 0.571. The summed E-state index contributed by atoms with van der Waals surface area (Å²) in [4.78, 5) is 33.1. The number of nitrogens with one attached hydrogen (secondary N) is 1. The predicted molar refractivity (Wildman–Crippen MR) is 142 cm³/mol. The Morgan fingerprint density at radius 2 is 1.54 bits per heavy atom. The number of hydrogen-bond donors (Lipinski definition) is 1. The van der Waals surface area contributed by atoms with Crippen molar-refractivity contribution in [3.63, 3.8) is 0 Å². The minimum Gasteiger partial charge on any atom is -0.339 e. The van der Waals surface area contributed by atoms with Crippen molar-refractivity contribution in [1.82, 2.24) is 19.1 Å². The van der Waals surface area contributed by atoms with Crippen molar-refractivity contribution in [3.05, 3.63) is 75.7 Å². The number of piperidine rings is 1. The number of fused-ring (bicyclic) bond motifs is 3. The Balaban J connectivity index is 1.16. The van der Waals surface area contributed by atoms with Crippen molar-refractivity contribution in [3.8, 4) is 0 Å². The van der Waals surface area contributed by atoms with Crippen molar-refractivity contribution in [2.75, 3.05) is 32.7 Å². The lowest BCUT2D eigenvalue weighted by Crippen LogP contribution is -2.45. The second-order valence-corrected chi connectivity index (χ2v) is 12.3. The lowest BCUT2D eigenvalue weighted by atomic mass is 10.0. The molecule has 0 radical (unpaired) electrons. The Hall–Kier alpha value is -3.01. The van der Waals surface area contributed by atoms with Gasteiger partial charge in [0, 0.05) is 55.3 Å². The van der Waals surface area contributed by atoms with E-state index < -0.39 is 10.0 Å². The van der Waals surface area contributed by atoms with Crippen LogP contribution in [0.25, 0.3) is 10.8 Å². The van der Waals surface area contributed by atoms with Crippen LogP contribution in [0.15, 0.2) is 58.2 Å². The van der Waals surface area contributed by atoms with Gasteiger partial charge in [0.2, 0.25) is 10.0 Å². The zero-order valence-electron chi connectivity index (χ0n) is 20.9. The van der Waals surface area contributed by atoms with Gasteiger partial charge in [-0.15, -0.1) is 0 Å². The van der Waals surface area contributed by atoms with E-state index in [0.717, 1.165) is 42.6 Å². The molecule has 1 amide bonds. The highest BCUT2D eigenvalue weighted by molar-refractivity contribution is 7.89. The van der Waals surface area contributed by atoms with Crippen molar-refractivity contribution >= 4 is 26.7 Å². The smallest absolute Gasteiger partial charge is 0.256 e. The molecule has 4 heterocycles. The molecule has 194 valence electrons. The summed E-state index contributed by atoms with van der Waals surface area (Å²) in [5.74, 6) is -0.0360. The van der Waals surface area contributed by atoms with E-state index in [1.165, 1.54) is 30.2 Å². The van der Waals surface area contributed by atoms with Gasteiger partial charge >= 0.3 is 0 Å². The van der Waals surface area contributed by atoms with E-state index in [1.54, 1.807) is 36.4 Å². The third kappa shape index (κ3) is 4.49. The van der Waals surface area contributed by atoms with Crippen LogP contribution in [0.5, 0.6) is 0 Å². The van der Waals surface area contributed by atoms with Crippen LogP contribution < -0.4 is 5.56 Å². The van der Waals surface area contributed by atoms with Gasteiger partial charge in [0.15, 0.2) is 0 Å². The highest BCUT2D eigenvalue weighted by Gasteiger charge is 2.31. The van der Waals surface area contributed by atoms with Crippen LogP contribution in [0.2, 0.25) is 0 Å². The molecule has 0 saturated carbocycles. The standard InChI is InChI=1S/C28H32N4O4S/c33-27-24-6-2-1-5-23(24)25-19-32(18-13-26(25)29-27)37(35,36)22-9-7-20(8-10-22)28(34)31-16-11-21(12-17-31)30-14-3-4-15-30/h1-2,5-10,21H,3-4,11-19H2,(H,29,33). The fraction of sp³-hybridized carbons (Fsp3) is 0.429. The van der Waals surface area contributed by atoms with Gasteiger partial charge in [-0.3, -0.25) is 9.59 Å². The average molecular weight is 521 g/mol. The van der Waals surface area contributed by atoms with Crippen molar-refractivity contribution in [1.29, 1.82) is 0 Å². The molecular formula is C28H32N4O4S. The zero-order valence-corrected chi connectivity index (χ0v) is 21.7. The number of likely N-dealkylation sites (tertiary alicyclic amines) is 2. The monoisotopic (exact) mass is 520 g/mol. The number of aromatic nitrogens is 1. The van der Waals surface area contributed by atoms with Crippen molar-refractivity contribution in [2.24, 2.45) is 0 Å². The SMILES string of the molecule is O=C(c1ccc(S(=O)(=O)N2CCc3[nH]c(=O)c4ccccc4c3C2)cc1)N1CCC(N2CCCC2)CC1. The minimum absolute atomic E-state index is 0.0360. The molecular weight excluding hydrogens is 488 g/mol. The largest absolute Gasteiger partial charge is 0.339 e. The summed E-state index contributed by atoms with van der Waals surface area (Å²) in [6, 6.07) is 14.2. The number of sulfonamides is 1. The normalized spacial score (nSPS) is 19.8. The maximum Gasteiger partial charge on any atom is 0.256 e. The molecule has 3 aliphatic heterocycles. The summed E-state index contributed by atoms with van der Waals surface area (Å²) in [6.07, 6.45) is 4.98. The number of amides is 1. The van der Waals surface area contributed by atoms with E-state index in [2.05, 4.69) is 9.88 Å². The highest BCUT2D eigenvalue weighted by atomic mass is 32.2. The fourth-order valence-electron chi connectivity index (χ4n) is 6.12. The van der Waals surface area contributed by atoms with Crippen LogP contribution in [-0.2, 0) is 23.0 Å². The molecule has 9 heteroatoms. The minimum atomic E-state index is -3.76. The van der Waals surface area contributed by atoms with Crippen LogP contribution in [-0.4, -0.2) is 72.2 Å². The van der Waals surface area contributed by atoms with Gasteiger partial charge in [0.05, 0.1) is 4.90 Å². The Labute approximate surface area is 216 Å². The molecule has 3 aromatic rings. The first-order chi connectivity index (χ1) is 17.9. The molecule has 0 spiro atoms. The van der Waals surface area contributed by atoms with Gasteiger partial charge in [-0.05, 0) is 80.1 Å².